The minimum atomic E-state index is -0.365. The van der Waals surface area contributed by atoms with Crippen LogP contribution in [0.5, 0.6) is 5.75 Å². The number of hydrogen-bond acceptors (Lipinski definition) is 3. The monoisotopic (exact) mass is 270 g/mol. The van der Waals surface area contributed by atoms with Gasteiger partial charge >= 0.3 is 5.97 Å². The molecule has 2 aromatic carbocycles. The molecular weight excluding hydrogens is 252 g/mol. The molecule has 0 fully saturated rings. The van der Waals surface area contributed by atoms with Gasteiger partial charge in [-0.3, -0.25) is 0 Å². The van der Waals surface area contributed by atoms with Crippen molar-refractivity contribution < 1.29 is 14.3 Å². The molecule has 2 aromatic rings. The van der Waals surface area contributed by atoms with Gasteiger partial charge in [-0.25, -0.2) is 4.79 Å². The first-order valence-electron chi connectivity index (χ1n) is 6.72. The molecule has 0 aromatic heterocycles. The maximum atomic E-state index is 11.5. The third-order valence-electron chi connectivity index (χ3n) is 2.79. The van der Waals surface area contributed by atoms with Gasteiger partial charge in [0.15, 0.2) is 0 Å². The summed E-state index contributed by atoms with van der Waals surface area (Å²) in [5, 5.41) is 0. The summed E-state index contributed by atoms with van der Waals surface area (Å²) >= 11 is 0. The minimum absolute atomic E-state index is 0.0102. The zero-order valence-corrected chi connectivity index (χ0v) is 11.3. The Balaban J connectivity index is 1.58. The fraction of sp³-hybridized carbons (Fsp3) is 0.235. The van der Waals surface area contributed by atoms with Crippen LogP contribution in [0.2, 0.25) is 0 Å². The first-order valence-corrected chi connectivity index (χ1v) is 6.72. The lowest BCUT2D eigenvalue weighted by Gasteiger charge is -2.05. The summed E-state index contributed by atoms with van der Waals surface area (Å²) in [5.74, 6) is 0.182. The van der Waals surface area contributed by atoms with Crippen molar-refractivity contribution in [3.63, 3.8) is 0 Å². The van der Waals surface area contributed by atoms with Crippen LogP contribution in [0.1, 0.15) is 12.0 Å². The molecule has 2 rings (SSSR count). The molecule has 0 aliphatic carbocycles. The molecule has 3 nitrogen and oxygen atoms in total. The van der Waals surface area contributed by atoms with E-state index < -0.39 is 0 Å². The van der Waals surface area contributed by atoms with E-state index in [-0.39, 0.29) is 12.6 Å². The molecule has 0 bridgehead atoms. The highest BCUT2D eigenvalue weighted by Gasteiger charge is 2.04. The number of esters is 1. The van der Waals surface area contributed by atoms with Crippen molar-refractivity contribution >= 4 is 5.97 Å². The number of rotatable bonds is 7. The third-order valence-corrected chi connectivity index (χ3v) is 2.79. The highest BCUT2D eigenvalue weighted by molar-refractivity contribution is 5.73. The Morgan fingerprint density at radius 1 is 0.900 bits per heavy atom. The van der Waals surface area contributed by atoms with E-state index in [1.807, 2.05) is 36.4 Å². The lowest BCUT2D eigenvalue weighted by Crippen LogP contribution is -2.16. The number of aryl methyl sites for hydroxylation is 1. The van der Waals surface area contributed by atoms with Crippen molar-refractivity contribution in [1.29, 1.82) is 0 Å². The standard InChI is InChI=1S/C17H18O3/c18-17(20-16-11-5-2-6-12-16)14-19-13-7-10-15-8-3-1-4-9-15/h1-6,8-9,11-12H,7,10,13-14H2. The summed E-state index contributed by atoms with van der Waals surface area (Å²) in [6, 6.07) is 19.2. The largest absolute Gasteiger partial charge is 0.425 e. The first kappa shape index (κ1) is 14.3. The molecule has 0 spiro atoms. The summed E-state index contributed by atoms with van der Waals surface area (Å²) in [6.07, 6.45) is 1.84. The molecule has 0 radical (unpaired) electrons. The Hall–Kier alpha value is -2.13. The van der Waals surface area contributed by atoms with E-state index in [1.54, 1.807) is 12.1 Å². The molecule has 104 valence electrons. The van der Waals surface area contributed by atoms with Crippen molar-refractivity contribution in [2.75, 3.05) is 13.2 Å². The van der Waals surface area contributed by atoms with Gasteiger partial charge in [-0.15, -0.1) is 0 Å². The number of para-hydroxylation sites is 1. The number of benzene rings is 2. The smallest absolute Gasteiger partial charge is 0.337 e. The topological polar surface area (TPSA) is 35.5 Å². The van der Waals surface area contributed by atoms with Crippen LogP contribution in [0.4, 0.5) is 0 Å². The normalized spacial score (nSPS) is 10.2. The highest BCUT2D eigenvalue weighted by Crippen LogP contribution is 2.08. The fourth-order valence-corrected chi connectivity index (χ4v) is 1.83. The van der Waals surface area contributed by atoms with Gasteiger partial charge in [0.2, 0.25) is 0 Å². The Bertz CT molecular complexity index is 508. The van der Waals surface area contributed by atoms with Crippen LogP contribution in [0, 0.1) is 0 Å². The molecule has 20 heavy (non-hydrogen) atoms. The molecule has 0 N–H and O–H groups in total. The predicted molar refractivity (Wildman–Crippen MR) is 77.7 cm³/mol. The molecule has 0 aliphatic rings. The second-order valence-corrected chi connectivity index (χ2v) is 4.43. The van der Waals surface area contributed by atoms with E-state index in [1.165, 1.54) is 5.56 Å². The zero-order valence-electron chi connectivity index (χ0n) is 11.3. The molecule has 0 heterocycles. The maximum absolute atomic E-state index is 11.5. The van der Waals surface area contributed by atoms with Gasteiger partial charge in [-0.2, -0.15) is 0 Å². The van der Waals surface area contributed by atoms with E-state index in [2.05, 4.69) is 12.1 Å². The molecule has 0 aliphatic heterocycles. The summed E-state index contributed by atoms with van der Waals surface area (Å²) < 4.78 is 10.4. The van der Waals surface area contributed by atoms with Crippen molar-refractivity contribution in [3.8, 4) is 5.75 Å². The lowest BCUT2D eigenvalue weighted by atomic mass is 10.1. The third kappa shape index (κ3) is 5.24. The quantitative estimate of drug-likeness (QED) is 0.440. The van der Waals surface area contributed by atoms with Gasteiger partial charge in [0.1, 0.15) is 12.4 Å². The molecular formula is C17H18O3. The van der Waals surface area contributed by atoms with Gasteiger partial charge < -0.3 is 9.47 Å². The molecule has 0 saturated heterocycles. The van der Waals surface area contributed by atoms with E-state index in [9.17, 15) is 4.79 Å². The number of carbonyl (C=O) groups is 1. The second-order valence-electron chi connectivity index (χ2n) is 4.43. The first-order chi connectivity index (χ1) is 9.84. The summed E-state index contributed by atoms with van der Waals surface area (Å²) in [4.78, 5) is 11.5. The van der Waals surface area contributed by atoms with Crippen LogP contribution >= 0.6 is 0 Å². The van der Waals surface area contributed by atoms with Crippen LogP contribution in [0.3, 0.4) is 0 Å². The second kappa shape index (κ2) is 8.12. The molecule has 0 saturated carbocycles. The average molecular weight is 270 g/mol. The van der Waals surface area contributed by atoms with Gasteiger partial charge in [-0.05, 0) is 30.5 Å². The molecule has 0 amide bonds. The average Bonchev–Trinajstić information content (AvgIpc) is 2.49. The number of carbonyl (C=O) groups excluding carboxylic acids is 1. The number of hydrogen-bond donors (Lipinski definition) is 0. The van der Waals surface area contributed by atoms with Gasteiger partial charge in [0.25, 0.3) is 0 Å². The van der Waals surface area contributed by atoms with E-state index in [4.69, 9.17) is 9.47 Å². The van der Waals surface area contributed by atoms with Crippen LogP contribution in [-0.2, 0) is 16.0 Å². The van der Waals surface area contributed by atoms with Crippen LogP contribution in [-0.4, -0.2) is 19.2 Å². The minimum Gasteiger partial charge on any atom is -0.425 e. The van der Waals surface area contributed by atoms with Crippen molar-refractivity contribution in [3.05, 3.63) is 66.2 Å². The molecule has 3 heteroatoms. The summed E-state index contributed by atoms with van der Waals surface area (Å²) in [6.45, 7) is 0.544. The lowest BCUT2D eigenvalue weighted by molar-refractivity contribution is -0.139. The van der Waals surface area contributed by atoms with E-state index in [0.717, 1.165) is 12.8 Å². The maximum Gasteiger partial charge on any atom is 0.337 e. The zero-order chi connectivity index (χ0) is 14.0. The predicted octanol–water partition coefficient (Wildman–Crippen LogP) is 3.24. The molecule has 0 atom stereocenters. The van der Waals surface area contributed by atoms with Crippen LogP contribution in [0.25, 0.3) is 0 Å². The van der Waals surface area contributed by atoms with E-state index in [0.29, 0.717) is 12.4 Å². The van der Waals surface area contributed by atoms with Crippen molar-refractivity contribution in [2.45, 2.75) is 12.8 Å². The Morgan fingerprint density at radius 2 is 1.55 bits per heavy atom. The Kier molecular flexibility index (Phi) is 5.80. The SMILES string of the molecule is O=C(COCCCc1ccccc1)Oc1ccccc1. The Morgan fingerprint density at radius 3 is 2.25 bits per heavy atom. The van der Waals surface area contributed by atoms with Crippen molar-refractivity contribution in [1.82, 2.24) is 0 Å². The van der Waals surface area contributed by atoms with Crippen molar-refractivity contribution in [2.24, 2.45) is 0 Å². The van der Waals surface area contributed by atoms with E-state index >= 15 is 0 Å². The van der Waals surface area contributed by atoms with Gasteiger partial charge in [0.05, 0.1) is 0 Å². The summed E-state index contributed by atoms with van der Waals surface area (Å²) in [7, 11) is 0. The van der Waals surface area contributed by atoms with Crippen LogP contribution in [0.15, 0.2) is 60.7 Å². The van der Waals surface area contributed by atoms with Crippen LogP contribution < -0.4 is 4.74 Å². The number of ether oxygens (including phenoxy) is 2. The van der Waals surface area contributed by atoms with Gasteiger partial charge in [-0.1, -0.05) is 48.5 Å². The van der Waals surface area contributed by atoms with Gasteiger partial charge in [0, 0.05) is 6.61 Å². The highest BCUT2D eigenvalue weighted by atomic mass is 16.6. The fourth-order valence-electron chi connectivity index (χ4n) is 1.83. The molecule has 0 unspecified atom stereocenters. The summed E-state index contributed by atoms with van der Waals surface area (Å²) in [5.41, 5.74) is 1.28. The Labute approximate surface area is 119 Å².